The van der Waals surface area contributed by atoms with Crippen molar-refractivity contribution in [3.8, 4) is 0 Å². The smallest absolute Gasteiger partial charge is 0.0317 e. The van der Waals surface area contributed by atoms with E-state index >= 15 is 0 Å². The second-order valence-corrected chi connectivity index (χ2v) is 4.03. The van der Waals surface area contributed by atoms with Crippen LogP contribution in [0.15, 0.2) is 18.2 Å². The Hall–Kier alpha value is -1.02. The van der Waals surface area contributed by atoms with Crippen molar-refractivity contribution >= 4 is 5.69 Å². The molecule has 1 heterocycles. The molecule has 1 aromatic rings. The minimum Gasteiger partial charge on any atom is -0.399 e. The fourth-order valence-corrected chi connectivity index (χ4v) is 1.99. The molecule has 0 saturated carbocycles. The third-order valence-electron chi connectivity index (χ3n) is 2.81. The fraction of sp³-hybridized carbons (Fsp3) is 0.455. The third-order valence-corrected chi connectivity index (χ3v) is 2.81. The Bertz CT molecular complexity index is 314. The number of rotatable bonds is 1. The van der Waals surface area contributed by atoms with Crippen LogP contribution in [0.3, 0.4) is 0 Å². The van der Waals surface area contributed by atoms with E-state index in [1.807, 2.05) is 6.07 Å². The molecule has 1 aliphatic rings. The zero-order valence-electron chi connectivity index (χ0n) is 8.25. The predicted molar refractivity (Wildman–Crippen MR) is 55.8 cm³/mol. The van der Waals surface area contributed by atoms with E-state index in [0.29, 0.717) is 5.92 Å². The molecule has 0 radical (unpaired) electrons. The van der Waals surface area contributed by atoms with Crippen molar-refractivity contribution in [3.63, 3.8) is 0 Å². The minimum absolute atomic E-state index is 0.702. The Morgan fingerprint density at radius 3 is 2.69 bits per heavy atom. The zero-order chi connectivity index (χ0) is 9.42. The van der Waals surface area contributed by atoms with Crippen LogP contribution in [0.25, 0.3) is 0 Å². The first-order valence-corrected chi connectivity index (χ1v) is 4.71. The van der Waals surface area contributed by atoms with Gasteiger partial charge in [-0.25, -0.2) is 0 Å². The number of benzene rings is 1. The van der Waals surface area contributed by atoms with Crippen molar-refractivity contribution < 1.29 is 0 Å². The summed E-state index contributed by atoms with van der Waals surface area (Å²) in [5.74, 6) is 0.702. The SMILES string of the molecule is Cc1ccc(N)cc1C1CN(C)C1. The van der Waals surface area contributed by atoms with Crippen LogP contribution in [0.4, 0.5) is 5.69 Å². The number of likely N-dealkylation sites (tertiary alicyclic amines) is 1. The average Bonchev–Trinajstić information content (AvgIpc) is 2.04. The number of nitrogens with zero attached hydrogens (tertiary/aromatic N) is 1. The highest BCUT2D eigenvalue weighted by atomic mass is 15.2. The van der Waals surface area contributed by atoms with E-state index in [4.69, 9.17) is 5.73 Å². The molecule has 1 aliphatic heterocycles. The van der Waals surface area contributed by atoms with Gasteiger partial charge in [0.2, 0.25) is 0 Å². The zero-order valence-corrected chi connectivity index (χ0v) is 8.25. The number of anilines is 1. The molecule has 2 N–H and O–H groups in total. The number of aryl methyl sites for hydroxylation is 1. The molecule has 0 atom stereocenters. The summed E-state index contributed by atoms with van der Waals surface area (Å²) in [5.41, 5.74) is 9.45. The van der Waals surface area contributed by atoms with Gasteiger partial charge in [-0.05, 0) is 37.2 Å². The lowest BCUT2D eigenvalue weighted by Gasteiger charge is -2.37. The summed E-state index contributed by atoms with van der Waals surface area (Å²) in [7, 11) is 2.15. The largest absolute Gasteiger partial charge is 0.399 e. The summed E-state index contributed by atoms with van der Waals surface area (Å²) < 4.78 is 0. The second-order valence-electron chi connectivity index (χ2n) is 4.03. The van der Waals surface area contributed by atoms with E-state index in [-0.39, 0.29) is 0 Å². The molecule has 2 nitrogen and oxygen atoms in total. The van der Waals surface area contributed by atoms with E-state index in [1.54, 1.807) is 0 Å². The van der Waals surface area contributed by atoms with Crippen LogP contribution in [0, 0.1) is 6.92 Å². The van der Waals surface area contributed by atoms with Gasteiger partial charge in [-0.3, -0.25) is 0 Å². The molecule has 0 aromatic heterocycles. The summed E-state index contributed by atoms with van der Waals surface area (Å²) in [6, 6.07) is 6.21. The highest BCUT2D eigenvalue weighted by Crippen LogP contribution is 2.29. The van der Waals surface area contributed by atoms with Crippen LogP contribution in [0.2, 0.25) is 0 Å². The fourth-order valence-electron chi connectivity index (χ4n) is 1.99. The van der Waals surface area contributed by atoms with E-state index < -0.39 is 0 Å². The standard InChI is InChI=1S/C11H16N2/c1-8-3-4-10(12)5-11(8)9-6-13(2)7-9/h3-5,9H,6-7,12H2,1-2H3. The van der Waals surface area contributed by atoms with E-state index in [1.165, 1.54) is 24.2 Å². The topological polar surface area (TPSA) is 29.3 Å². The van der Waals surface area contributed by atoms with Gasteiger partial charge in [0.15, 0.2) is 0 Å². The first-order chi connectivity index (χ1) is 6.16. The molecule has 2 rings (SSSR count). The van der Waals surface area contributed by atoms with E-state index in [2.05, 4.69) is 31.0 Å². The number of nitrogens with two attached hydrogens (primary N) is 1. The maximum Gasteiger partial charge on any atom is 0.0317 e. The molecule has 0 bridgehead atoms. The molecule has 2 heteroatoms. The van der Waals surface area contributed by atoms with Gasteiger partial charge in [-0.2, -0.15) is 0 Å². The summed E-state index contributed by atoms with van der Waals surface area (Å²) in [5, 5.41) is 0. The number of hydrogen-bond donors (Lipinski definition) is 1. The lowest BCUT2D eigenvalue weighted by molar-refractivity contribution is 0.189. The molecule has 0 amide bonds. The van der Waals surface area contributed by atoms with Crippen molar-refractivity contribution in [1.82, 2.24) is 4.90 Å². The molecular weight excluding hydrogens is 160 g/mol. The Balaban J connectivity index is 2.24. The monoisotopic (exact) mass is 176 g/mol. The Labute approximate surface area is 79.4 Å². The average molecular weight is 176 g/mol. The van der Waals surface area contributed by atoms with Crippen LogP contribution in [0.5, 0.6) is 0 Å². The third kappa shape index (κ3) is 1.54. The first-order valence-electron chi connectivity index (χ1n) is 4.71. The molecule has 1 fully saturated rings. The normalized spacial score (nSPS) is 18.6. The summed E-state index contributed by atoms with van der Waals surface area (Å²) in [4.78, 5) is 2.33. The number of hydrogen-bond acceptors (Lipinski definition) is 2. The second kappa shape index (κ2) is 3.04. The summed E-state index contributed by atoms with van der Waals surface area (Å²) in [6.45, 7) is 4.50. The molecule has 13 heavy (non-hydrogen) atoms. The van der Waals surface area contributed by atoms with Crippen LogP contribution in [0.1, 0.15) is 17.0 Å². The molecule has 0 unspecified atom stereocenters. The van der Waals surface area contributed by atoms with Crippen LogP contribution in [-0.4, -0.2) is 25.0 Å². The van der Waals surface area contributed by atoms with Gasteiger partial charge in [-0.15, -0.1) is 0 Å². The summed E-state index contributed by atoms with van der Waals surface area (Å²) in [6.07, 6.45) is 0. The van der Waals surface area contributed by atoms with Crippen molar-refractivity contribution in [2.75, 3.05) is 25.9 Å². The van der Waals surface area contributed by atoms with Gasteiger partial charge in [0, 0.05) is 24.7 Å². The van der Waals surface area contributed by atoms with E-state index in [0.717, 1.165) is 5.69 Å². The van der Waals surface area contributed by atoms with Crippen molar-refractivity contribution in [2.24, 2.45) is 0 Å². The molecule has 1 saturated heterocycles. The van der Waals surface area contributed by atoms with Gasteiger partial charge in [-0.1, -0.05) is 6.07 Å². The maximum atomic E-state index is 5.77. The lowest BCUT2D eigenvalue weighted by Crippen LogP contribution is -2.42. The summed E-state index contributed by atoms with van der Waals surface area (Å²) >= 11 is 0. The number of nitrogen functional groups attached to an aromatic ring is 1. The Morgan fingerprint density at radius 1 is 1.38 bits per heavy atom. The highest BCUT2D eigenvalue weighted by Gasteiger charge is 2.25. The van der Waals surface area contributed by atoms with Gasteiger partial charge in [0.05, 0.1) is 0 Å². The number of likely N-dealkylation sites (N-methyl/N-ethyl adjacent to an activating group) is 1. The molecule has 1 aromatic carbocycles. The Morgan fingerprint density at radius 2 is 2.08 bits per heavy atom. The first kappa shape index (κ1) is 8.57. The van der Waals surface area contributed by atoms with Crippen molar-refractivity contribution in [2.45, 2.75) is 12.8 Å². The molecule has 0 spiro atoms. The lowest BCUT2D eigenvalue weighted by atomic mass is 9.89. The van der Waals surface area contributed by atoms with Crippen molar-refractivity contribution in [1.29, 1.82) is 0 Å². The van der Waals surface area contributed by atoms with Crippen LogP contribution in [-0.2, 0) is 0 Å². The molecular formula is C11H16N2. The minimum atomic E-state index is 0.702. The van der Waals surface area contributed by atoms with Gasteiger partial charge in [0.25, 0.3) is 0 Å². The van der Waals surface area contributed by atoms with Crippen molar-refractivity contribution in [3.05, 3.63) is 29.3 Å². The van der Waals surface area contributed by atoms with Gasteiger partial charge >= 0.3 is 0 Å². The Kier molecular flexibility index (Phi) is 2.00. The maximum absolute atomic E-state index is 5.77. The van der Waals surface area contributed by atoms with Crippen LogP contribution < -0.4 is 5.73 Å². The van der Waals surface area contributed by atoms with Gasteiger partial charge < -0.3 is 10.6 Å². The van der Waals surface area contributed by atoms with E-state index in [9.17, 15) is 0 Å². The quantitative estimate of drug-likeness (QED) is 0.659. The molecule has 0 aliphatic carbocycles. The van der Waals surface area contributed by atoms with Gasteiger partial charge in [0.1, 0.15) is 0 Å². The van der Waals surface area contributed by atoms with Crippen LogP contribution >= 0.6 is 0 Å². The highest BCUT2D eigenvalue weighted by molar-refractivity contribution is 5.46. The predicted octanol–water partition coefficient (Wildman–Crippen LogP) is 1.61. The molecule has 70 valence electrons.